The molecule has 0 bridgehead atoms. The van der Waals surface area contributed by atoms with Gasteiger partial charge in [-0.05, 0) is 99.9 Å². The summed E-state index contributed by atoms with van der Waals surface area (Å²) in [6.45, 7) is 18.6. The van der Waals surface area contributed by atoms with Crippen LogP contribution in [0.1, 0.15) is 112 Å². The van der Waals surface area contributed by atoms with Gasteiger partial charge in [0.1, 0.15) is 0 Å². The molecule has 5 atom stereocenters. The molecule has 0 heterocycles. The second-order valence-corrected chi connectivity index (χ2v) is 12.0. The molecule has 3 rings (SSSR count). The number of hydrogen-bond acceptors (Lipinski definition) is 1. The Morgan fingerprint density at radius 1 is 1.03 bits per heavy atom. The summed E-state index contributed by atoms with van der Waals surface area (Å²) in [6.07, 6.45) is 20.1. The van der Waals surface area contributed by atoms with E-state index in [1.165, 1.54) is 62.5 Å². The van der Waals surface area contributed by atoms with Crippen molar-refractivity contribution in [2.24, 2.45) is 29.1 Å². The van der Waals surface area contributed by atoms with Gasteiger partial charge in [-0.1, -0.05) is 76.8 Å². The van der Waals surface area contributed by atoms with Crippen molar-refractivity contribution < 1.29 is 4.74 Å². The van der Waals surface area contributed by atoms with Crippen LogP contribution in [0.15, 0.2) is 35.5 Å². The lowest BCUT2D eigenvalue weighted by atomic mass is 9.60. The molecule has 0 amide bonds. The minimum atomic E-state index is 0.313. The van der Waals surface area contributed by atoms with Crippen molar-refractivity contribution in [2.45, 2.75) is 124 Å². The second kappa shape index (κ2) is 10.9. The van der Waals surface area contributed by atoms with Gasteiger partial charge >= 0.3 is 0 Å². The van der Waals surface area contributed by atoms with Gasteiger partial charge in [0.05, 0.1) is 12.2 Å². The van der Waals surface area contributed by atoms with Crippen LogP contribution in [-0.2, 0) is 4.74 Å². The first-order chi connectivity index (χ1) is 14.7. The summed E-state index contributed by atoms with van der Waals surface area (Å²) >= 11 is 0. The minimum absolute atomic E-state index is 0.313. The van der Waals surface area contributed by atoms with E-state index in [2.05, 4.69) is 60.3 Å². The van der Waals surface area contributed by atoms with Crippen molar-refractivity contribution >= 4 is 0 Å². The van der Waals surface area contributed by atoms with Gasteiger partial charge < -0.3 is 4.74 Å². The third-order valence-corrected chi connectivity index (χ3v) is 8.80. The molecule has 176 valence electrons. The monoisotopic (exact) mass is 426 g/mol. The molecule has 0 radical (unpaired) electrons. The Bertz CT molecular complexity index is 666. The molecular weight excluding hydrogens is 376 g/mol. The lowest BCUT2D eigenvalue weighted by Gasteiger charge is -2.44. The molecule has 31 heavy (non-hydrogen) atoms. The third-order valence-electron chi connectivity index (χ3n) is 8.80. The third kappa shape index (κ3) is 6.16. The molecule has 0 spiro atoms. The lowest BCUT2D eigenvalue weighted by Crippen LogP contribution is -2.36. The van der Waals surface area contributed by atoms with Gasteiger partial charge in [0.2, 0.25) is 0 Å². The molecule has 1 nitrogen and oxygen atoms in total. The van der Waals surface area contributed by atoms with E-state index < -0.39 is 0 Å². The van der Waals surface area contributed by atoms with E-state index in [4.69, 9.17) is 4.74 Å². The van der Waals surface area contributed by atoms with Gasteiger partial charge in [0, 0.05) is 0 Å². The molecule has 3 fully saturated rings. The standard InChI is InChI=1S/C30H50O/c1-21(2)10-8-11-24(6)28-17-18-29-25(12-9-19-30(28,29)7)14-15-26-20-27(31-22(3)4)16-13-23(26)5/h14-15,21-22,24,27-29H,5,8-13,16-20H2,1-4,6-7H3/b25-14+,26-15+. The number of rotatable bonds is 8. The van der Waals surface area contributed by atoms with Crippen LogP contribution in [0.25, 0.3) is 0 Å². The van der Waals surface area contributed by atoms with E-state index in [0.29, 0.717) is 17.6 Å². The van der Waals surface area contributed by atoms with E-state index in [1.54, 1.807) is 5.57 Å². The number of fused-ring (bicyclic) bond motifs is 1. The molecule has 0 aromatic carbocycles. The summed E-state index contributed by atoms with van der Waals surface area (Å²) in [7, 11) is 0. The van der Waals surface area contributed by atoms with Crippen LogP contribution in [0.4, 0.5) is 0 Å². The summed E-state index contributed by atoms with van der Waals surface area (Å²) in [6, 6.07) is 0. The van der Waals surface area contributed by atoms with E-state index in [1.807, 2.05) is 0 Å². The fourth-order valence-electron chi connectivity index (χ4n) is 7.15. The van der Waals surface area contributed by atoms with Gasteiger partial charge in [-0.15, -0.1) is 0 Å². The highest BCUT2D eigenvalue weighted by atomic mass is 16.5. The molecule has 0 aliphatic heterocycles. The molecule has 0 saturated heterocycles. The highest BCUT2D eigenvalue weighted by Crippen LogP contribution is 2.60. The first-order valence-electron chi connectivity index (χ1n) is 13.4. The maximum atomic E-state index is 6.13. The quantitative estimate of drug-likeness (QED) is 0.376. The maximum absolute atomic E-state index is 6.13. The number of hydrogen-bond donors (Lipinski definition) is 0. The highest BCUT2D eigenvalue weighted by molar-refractivity contribution is 5.36. The molecular formula is C30H50O. The van der Waals surface area contributed by atoms with E-state index in [9.17, 15) is 0 Å². The van der Waals surface area contributed by atoms with Gasteiger partial charge in [-0.25, -0.2) is 0 Å². The molecule has 3 aliphatic rings. The molecule has 3 aliphatic carbocycles. The number of allylic oxidation sites excluding steroid dienone is 4. The molecule has 0 N–H and O–H groups in total. The Hall–Kier alpha value is -0.820. The average Bonchev–Trinajstić information content (AvgIpc) is 3.05. The van der Waals surface area contributed by atoms with Crippen LogP contribution >= 0.6 is 0 Å². The van der Waals surface area contributed by atoms with Crippen LogP contribution < -0.4 is 0 Å². The summed E-state index contributed by atoms with van der Waals surface area (Å²) in [4.78, 5) is 0. The van der Waals surface area contributed by atoms with Crippen molar-refractivity contribution in [3.63, 3.8) is 0 Å². The van der Waals surface area contributed by atoms with Gasteiger partial charge in [0.15, 0.2) is 0 Å². The summed E-state index contributed by atoms with van der Waals surface area (Å²) in [5.41, 5.74) is 5.03. The number of ether oxygens (including phenoxy) is 1. The van der Waals surface area contributed by atoms with Crippen molar-refractivity contribution in [3.8, 4) is 0 Å². The summed E-state index contributed by atoms with van der Waals surface area (Å²) < 4.78 is 6.13. The van der Waals surface area contributed by atoms with Crippen LogP contribution in [0.3, 0.4) is 0 Å². The zero-order valence-electron chi connectivity index (χ0n) is 21.5. The maximum Gasteiger partial charge on any atom is 0.0622 e. The van der Waals surface area contributed by atoms with Gasteiger partial charge in [0.25, 0.3) is 0 Å². The Kier molecular flexibility index (Phi) is 8.70. The average molecular weight is 427 g/mol. The normalized spacial score (nSPS) is 35.4. The predicted octanol–water partition coefficient (Wildman–Crippen LogP) is 9.05. The summed E-state index contributed by atoms with van der Waals surface area (Å²) in [5.74, 6) is 3.43. The second-order valence-electron chi connectivity index (χ2n) is 12.0. The topological polar surface area (TPSA) is 9.23 Å². The molecule has 0 aromatic rings. The van der Waals surface area contributed by atoms with E-state index in [-0.39, 0.29) is 0 Å². The molecule has 5 unspecified atom stereocenters. The SMILES string of the molecule is C=C1CCC(OC(C)C)C/C1=C\C=C1/CCCC2(C)C1CCC2C(C)CCCC(C)C. The zero-order chi connectivity index (χ0) is 22.6. The van der Waals surface area contributed by atoms with Crippen molar-refractivity contribution in [2.75, 3.05) is 0 Å². The largest absolute Gasteiger partial charge is 0.375 e. The van der Waals surface area contributed by atoms with E-state index in [0.717, 1.165) is 42.9 Å². The Morgan fingerprint density at radius 3 is 2.52 bits per heavy atom. The van der Waals surface area contributed by atoms with Gasteiger partial charge in [-0.2, -0.15) is 0 Å². The fraction of sp³-hybridized carbons (Fsp3) is 0.800. The van der Waals surface area contributed by atoms with Crippen molar-refractivity contribution in [3.05, 3.63) is 35.5 Å². The van der Waals surface area contributed by atoms with Crippen LogP contribution in [0, 0.1) is 29.1 Å². The molecule has 3 saturated carbocycles. The predicted molar refractivity (Wildman–Crippen MR) is 135 cm³/mol. The van der Waals surface area contributed by atoms with Crippen LogP contribution in [0.5, 0.6) is 0 Å². The zero-order valence-corrected chi connectivity index (χ0v) is 21.5. The van der Waals surface area contributed by atoms with E-state index >= 15 is 0 Å². The first-order valence-corrected chi connectivity index (χ1v) is 13.4. The lowest BCUT2D eigenvalue weighted by molar-refractivity contribution is 0.000804. The highest BCUT2D eigenvalue weighted by Gasteiger charge is 2.50. The Labute approximate surface area is 193 Å². The Morgan fingerprint density at radius 2 is 1.81 bits per heavy atom. The molecule has 0 aromatic heterocycles. The molecule has 1 heteroatoms. The van der Waals surface area contributed by atoms with Crippen LogP contribution in [0.2, 0.25) is 0 Å². The minimum Gasteiger partial charge on any atom is -0.375 e. The van der Waals surface area contributed by atoms with Crippen molar-refractivity contribution in [1.82, 2.24) is 0 Å². The first kappa shape index (κ1) is 24.8. The smallest absolute Gasteiger partial charge is 0.0622 e. The van der Waals surface area contributed by atoms with Gasteiger partial charge in [-0.3, -0.25) is 0 Å². The fourth-order valence-corrected chi connectivity index (χ4v) is 7.15. The van der Waals surface area contributed by atoms with Crippen LogP contribution in [-0.4, -0.2) is 12.2 Å². The van der Waals surface area contributed by atoms with Crippen molar-refractivity contribution in [1.29, 1.82) is 0 Å². The summed E-state index contributed by atoms with van der Waals surface area (Å²) in [5, 5.41) is 0. The Balaban J connectivity index is 1.68.